The number of aliphatic carboxylic acids is 1. The van der Waals surface area contributed by atoms with Gasteiger partial charge in [-0.1, -0.05) is 0 Å². The number of carboxylic acid groups (broad SMARTS) is 1. The van der Waals surface area contributed by atoms with Crippen molar-refractivity contribution in [2.24, 2.45) is 0 Å². The molecular formula is C10H12NO3Rb. The summed E-state index contributed by atoms with van der Waals surface area (Å²) in [6.07, 6.45) is 0.521. The number of hydrogen-bond donors (Lipinski definition) is 2. The summed E-state index contributed by atoms with van der Waals surface area (Å²) in [6, 6.07) is 7.01. The molecule has 1 atom stereocenters. The molecule has 0 saturated heterocycles. The van der Waals surface area contributed by atoms with Crippen molar-refractivity contribution >= 4 is 62.0 Å². The summed E-state index contributed by atoms with van der Waals surface area (Å²) in [5, 5.41) is 8.88. The number of ether oxygens (including phenoxy) is 1. The third kappa shape index (κ3) is 4.32. The van der Waals surface area contributed by atoms with Crippen LogP contribution in [0.5, 0.6) is 5.75 Å². The standard InChI is InChI=1S/C10H12NO3.Rb/c1-14-8-4-2-7(3-5-8)6-9(11)10(12)13;/h2-5,9,11H,6H2,1H3,(H,12,13);/q-1;+1. The van der Waals surface area contributed by atoms with E-state index in [2.05, 4.69) is -0.939 Å². The van der Waals surface area contributed by atoms with Crippen LogP contribution in [0.4, 0.5) is 0 Å². The summed E-state index contributed by atoms with van der Waals surface area (Å²) in [4.78, 5) is 10.8. The first-order chi connectivity index (χ1) is 7.17. The first-order valence-corrected chi connectivity index (χ1v) is 7.16. The van der Waals surface area contributed by atoms with Gasteiger partial charge >= 0.3 is 131 Å². The zero-order chi connectivity index (χ0) is 11.3. The number of hydrogen-bond acceptors (Lipinski definition) is 3. The molecule has 0 radical (unpaired) electrons. The molecule has 0 aliphatic rings. The van der Waals surface area contributed by atoms with Gasteiger partial charge in [-0.05, 0) is 0 Å². The SMILES string of the molecule is COc1ccc(CC([NH][Rb])C(=O)O)cc1. The summed E-state index contributed by atoms with van der Waals surface area (Å²) in [6.45, 7) is 0. The molecule has 0 aliphatic carbocycles. The van der Waals surface area contributed by atoms with E-state index in [9.17, 15) is 4.79 Å². The Hall–Kier alpha value is 0.255. The van der Waals surface area contributed by atoms with Crippen molar-refractivity contribution in [2.45, 2.75) is 12.5 Å². The third-order valence-electron chi connectivity index (χ3n) is 2.25. The van der Waals surface area contributed by atoms with Crippen LogP contribution in [0, 0.1) is 0 Å². The summed E-state index contributed by atoms with van der Waals surface area (Å²) >= 11 is 0.179. The van der Waals surface area contributed by atoms with Crippen LogP contribution in [0.15, 0.2) is 24.3 Å². The number of nitrogens with one attached hydrogen (secondary N) is 1. The Labute approximate surface area is 129 Å². The quantitative estimate of drug-likeness (QED) is 0.817. The monoisotopic (exact) mass is 279 g/mol. The van der Waals surface area contributed by atoms with E-state index in [0.717, 1.165) is 11.3 Å². The number of carboxylic acids is 1. The van der Waals surface area contributed by atoms with Crippen LogP contribution in [0.3, 0.4) is 0 Å². The fraction of sp³-hybridized carbons (Fsp3) is 0.300. The maximum absolute atomic E-state index is 10.8. The van der Waals surface area contributed by atoms with E-state index >= 15 is 0 Å². The van der Waals surface area contributed by atoms with Gasteiger partial charge in [0.25, 0.3) is 0 Å². The third-order valence-corrected chi connectivity index (χ3v) is 3.96. The molecule has 0 amide bonds. The molecule has 1 aromatic carbocycles. The number of carbonyl (C=O) groups is 1. The van der Waals surface area contributed by atoms with Crippen LogP contribution in [-0.2, 0) is 11.2 Å². The molecule has 0 saturated carbocycles. The predicted molar refractivity (Wildman–Crippen MR) is 57.0 cm³/mol. The van der Waals surface area contributed by atoms with Gasteiger partial charge in [-0.25, -0.2) is 0 Å². The molecule has 0 spiro atoms. The van der Waals surface area contributed by atoms with Crippen LogP contribution in [0.25, 0.3) is 0 Å². The second-order valence-electron chi connectivity index (χ2n) is 3.23. The number of benzene rings is 1. The molecule has 2 N–H and O–H groups in total. The molecule has 0 bridgehead atoms. The average Bonchev–Trinajstić information content (AvgIpc) is 2.26. The summed E-state index contributed by atoms with van der Waals surface area (Å²) in [5.41, 5.74) is 1.00. The van der Waals surface area contributed by atoms with Gasteiger partial charge in [0.2, 0.25) is 0 Å². The Morgan fingerprint density at radius 2 is 2.13 bits per heavy atom. The zero-order valence-corrected chi connectivity index (χ0v) is 13.8. The molecule has 0 aliphatic heterocycles. The normalized spacial score (nSPS) is 12.2. The molecule has 0 fully saturated rings. The topological polar surface area (TPSA) is 58.6 Å². The predicted octanol–water partition coefficient (Wildman–Crippen LogP) is 0.364. The molecule has 76 valence electrons. The Kier molecular flexibility index (Phi) is 6.00. The van der Waals surface area contributed by atoms with Gasteiger partial charge in [0, 0.05) is 0 Å². The molecular weight excluding hydrogens is 268 g/mol. The maximum atomic E-state index is 10.8. The Bertz CT molecular complexity index is 326. The van der Waals surface area contributed by atoms with E-state index in [1.54, 1.807) is 7.11 Å². The van der Waals surface area contributed by atoms with E-state index in [4.69, 9.17) is 9.84 Å². The van der Waals surface area contributed by atoms with Crippen LogP contribution in [-0.4, -0.2) is 80.3 Å². The minimum absolute atomic E-state index is 0.179. The van der Waals surface area contributed by atoms with Crippen molar-refractivity contribution in [1.82, 2.24) is -0.939 Å². The van der Waals surface area contributed by atoms with Crippen LogP contribution >= 0.6 is 0 Å². The molecule has 1 unspecified atom stereocenters. The number of methoxy groups -OCH3 is 1. The van der Waals surface area contributed by atoms with E-state index in [1.165, 1.54) is 0 Å². The Morgan fingerprint density at radius 1 is 1.53 bits per heavy atom. The molecule has 1 rings (SSSR count). The van der Waals surface area contributed by atoms with Gasteiger partial charge in [-0.2, -0.15) is 0 Å². The van der Waals surface area contributed by atoms with Crippen molar-refractivity contribution in [3.8, 4) is 5.75 Å². The number of rotatable bonds is 5. The fourth-order valence-corrected chi connectivity index (χ4v) is 2.42. The van der Waals surface area contributed by atoms with Crippen LogP contribution < -0.4 is 3.80 Å². The van der Waals surface area contributed by atoms with Crippen molar-refractivity contribution in [1.29, 1.82) is 0 Å². The van der Waals surface area contributed by atoms with E-state index in [-0.39, 0.29) is 56.0 Å². The van der Waals surface area contributed by atoms with Crippen LogP contribution in [0.2, 0.25) is 0 Å². The van der Waals surface area contributed by atoms with Gasteiger partial charge in [0.05, 0.1) is 0 Å². The van der Waals surface area contributed by atoms with Gasteiger partial charge in [0.1, 0.15) is 0 Å². The van der Waals surface area contributed by atoms with E-state index < -0.39 is 12.0 Å². The fourth-order valence-electron chi connectivity index (χ4n) is 1.31. The van der Waals surface area contributed by atoms with Crippen LogP contribution in [0.1, 0.15) is 5.56 Å². The summed E-state index contributed by atoms with van der Waals surface area (Å²) < 4.78 is 7.98. The second-order valence-corrected chi connectivity index (χ2v) is 4.65. The molecule has 0 aromatic heterocycles. The Balaban J connectivity index is 2.67. The summed E-state index contributed by atoms with van der Waals surface area (Å²) in [7, 11) is 1.61. The minimum atomic E-state index is -0.787. The van der Waals surface area contributed by atoms with Gasteiger partial charge in [-0.3, -0.25) is 0 Å². The average molecular weight is 280 g/mol. The Morgan fingerprint density at radius 3 is 2.53 bits per heavy atom. The van der Waals surface area contributed by atoms with Crippen molar-refractivity contribution in [3.05, 3.63) is 29.8 Å². The van der Waals surface area contributed by atoms with Crippen molar-refractivity contribution < 1.29 is 14.6 Å². The zero-order valence-electron chi connectivity index (χ0n) is 8.86. The van der Waals surface area contributed by atoms with Crippen molar-refractivity contribution in [2.75, 3.05) is 7.11 Å². The van der Waals surface area contributed by atoms with Crippen molar-refractivity contribution in [3.63, 3.8) is 0 Å². The first kappa shape index (κ1) is 13.3. The first-order valence-electron chi connectivity index (χ1n) is 4.70. The summed E-state index contributed by atoms with van der Waals surface area (Å²) in [5.74, 6) is -0.000671. The molecule has 4 nitrogen and oxygen atoms in total. The van der Waals surface area contributed by atoms with E-state index in [0.29, 0.717) is 6.42 Å². The molecule has 0 heterocycles. The molecule has 15 heavy (non-hydrogen) atoms. The van der Waals surface area contributed by atoms with Gasteiger partial charge < -0.3 is 0 Å². The molecule has 1 aromatic rings. The second kappa shape index (κ2) is 6.76. The van der Waals surface area contributed by atoms with Gasteiger partial charge in [-0.15, -0.1) is 0 Å². The van der Waals surface area contributed by atoms with E-state index in [1.807, 2.05) is 24.3 Å². The molecule has 5 heteroatoms. The van der Waals surface area contributed by atoms with Gasteiger partial charge in [0.15, 0.2) is 0 Å².